The molecule has 2 aromatic heterocycles. The Morgan fingerprint density at radius 3 is 2.96 bits per heavy atom. The van der Waals surface area contributed by atoms with E-state index < -0.39 is 5.25 Å². The number of ether oxygens (including phenoxy) is 1. The molecule has 0 saturated carbocycles. The number of carbonyl (C=O) groups is 1. The molecule has 0 aliphatic heterocycles. The molecule has 3 rings (SSSR count). The molecule has 140 valence electrons. The number of benzene rings is 1. The molecule has 2 heterocycles. The Bertz CT molecular complexity index is 934. The van der Waals surface area contributed by atoms with Crippen LogP contribution in [0.3, 0.4) is 0 Å². The number of halogens is 1. The largest absolute Gasteiger partial charge is 0.484 e. The Morgan fingerprint density at radius 1 is 1.33 bits per heavy atom. The number of hydrogen-bond donors (Lipinski definition) is 1. The van der Waals surface area contributed by atoms with Crippen molar-refractivity contribution < 1.29 is 13.9 Å². The van der Waals surface area contributed by atoms with E-state index in [0.29, 0.717) is 11.6 Å². The molecule has 0 aliphatic carbocycles. The molecule has 3 aromatic rings. The van der Waals surface area contributed by atoms with Crippen LogP contribution >= 0.6 is 23.4 Å². The predicted molar refractivity (Wildman–Crippen MR) is 103 cm³/mol. The van der Waals surface area contributed by atoms with Gasteiger partial charge in [0.25, 0.3) is 11.1 Å². The molecule has 1 atom stereocenters. The van der Waals surface area contributed by atoms with Crippen molar-refractivity contribution in [3.05, 3.63) is 59.2 Å². The molecular weight excluding hydrogens is 388 g/mol. The summed E-state index contributed by atoms with van der Waals surface area (Å²) in [7, 11) is 0. The SMILES string of the molecule is Cc1cccc(OCc2nnc(S[C@@H](C)C(=O)Nc3cccnc3Cl)o2)c1. The number of rotatable bonds is 7. The lowest BCUT2D eigenvalue weighted by Gasteiger charge is -2.10. The molecule has 1 N–H and O–H groups in total. The number of hydrogen-bond acceptors (Lipinski definition) is 7. The smallest absolute Gasteiger partial charge is 0.277 e. The van der Waals surface area contributed by atoms with Crippen LogP contribution in [0.2, 0.25) is 5.15 Å². The van der Waals surface area contributed by atoms with Crippen molar-refractivity contribution in [3.8, 4) is 5.75 Å². The van der Waals surface area contributed by atoms with Crippen LogP contribution in [0.4, 0.5) is 5.69 Å². The number of aromatic nitrogens is 3. The minimum absolute atomic E-state index is 0.156. The summed E-state index contributed by atoms with van der Waals surface area (Å²) in [6.07, 6.45) is 1.55. The van der Waals surface area contributed by atoms with Crippen LogP contribution in [0, 0.1) is 6.92 Å². The maximum Gasteiger partial charge on any atom is 0.277 e. The van der Waals surface area contributed by atoms with E-state index in [9.17, 15) is 4.79 Å². The number of nitrogens with one attached hydrogen (secondary N) is 1. The minimum Gasteiger partial charge on any atom is -0.484 e. The second-order valence-corrected chi connectivity index (χ2v) is 7.31. The quantitative estimate of drug-likeness (QED) is 0.467. The van der Waals surface area contributed by atoms with Gasteiger partial charge in [0.2, 0.25) is 5.91 Å². The van der Waals surface area contributed by atoms with E-state index in [-0.39, 0.29) is 22.9 Å². The van der Waals surface area contributed by atoms with E-state index in [4.69, 9.17) is 20.8 Å². The van der Waals surface area contributed by atoms with Gasteiger partial charge in [-0.2, -0.15) is 0 Å². The van der Waals surface area contributed by atoms with E-state index in [1.165, 1.54) is 0 Å². The number of carbonyl (C=O) groups excluding carboxylic acids is 1. The van der Waals surface area contributed by atoms with Gasteiger partial charge in [0.1, 0.15) is 5.75 Å². The average molecular weight is 405 g/mol. The van der Waals surface area contributed by atoms with Crippen LogP contribution in [0.1, 0.15) is 18.4 Å². The fourth-order valence-corrected chi connectivity index (χ4v) is 2.98. The Balaban J connectivity index is 1.53. The Labute approximate surface area is 165 Å². The van der Waals surface area contributed by atoms with Crippen molar-refractivity contribution in [1.82, 2.24) is 15.2 Å². The zero-order valence-corrected chi connectivity index (χ0v) is 16.3. The molecule has 0 unspecified atom stereocenters. The number of nitrogens with zero attached hydrogens (tertiary/aromatic N) is 3. The number of amides is 1. The Morgan fingerprint density at radius 2 is 2.19 bits per heavy atom. The van der Waals surface area contributed by atoms with Gasteiger partial charge in [0.15, 0.2) is 11.8 Å². The third kappa shape index (κ3) is 5.45. The fourth-order valence-electron chi connectivity index (χ4n) is 2.11. The number of aryl methyl sites for hydroxylation is 1. The summed E-state index contributed by atoms with van der Waals surface area (Å²) in [5.74, 6) is 0.816. The second-order valence-electron chi connectivity index (χ2n) is 5.66. The summed E-state index contributed by atoms with van der Waals surface area (Å²) >= 11 is 7.09. The Kier molecular flexibility index (Phi) is 6.31. The third-order valence-electron chi connectivity index (χ3n) is 3.46. The van der Waals surface area contributed by atoms with Gasteiger partial charge in [-0.25, -0.2) is 4.98 Å². The first-order valence-electron chi connectivity index (χ1n) is 8.11. The highest BCUT2D eigenvalue weighted by atomic mass is 35.5. The first kappa shape index (κ1) is 19.2. The summed E-state index contributed by atoms with van der Waals surface area (Å²) in [5.41, 5.74) is 1.55. The molecule has 7 nitrogen and oxygen atoms in total. The van der Waals surface area contributed by atoms with E-state index in [2.05, 4.69) is 20.5 Å². The standard InChI is InChI=1S/C18H17ClN4O3S/c1-11-5-3-6-13(9-11)25-10-15-22-23-18(26-15)27-12(2)17(24)21-14-7-4-8-20-16(14)19/h3-9,12H,10H2,1-2H3,(H,21,24)/t12-/m0/s1. The molecule has 0 saturated heterocycles. The van der Waals surface area contributed by atoms with Crippen molar-refractivity contribution in [3.63, 3.8) is 0 Å². The lowest BCUT2D eigenvalue weighted by molar-refractivity contribution is -0.115. The highest BCUT2D eigenvalue weighted by Gasteiger charge is 2.19. The van der Waals surface area contributed by atoms with Crippen LogP contribution in [-0.4, -0.2) is 26.3 Å². The van der Waals surface area contributed by atoms with E-state index >= 15 is 0 Å². The maximum atomic E-state index is 12.3. The van der Waals surface area contributed by atoms with Gasteiger partial charge in [-0.3, -0.25) is 4.79 Å². The van der Waals surface area contributed by atoms with Crippen molar-refractivity contribution in [2.24, 2.45) is 0 Å². The third-order valence-corrected chi connectivity index (χ3v) is 4.70. The number of pyridine rings is 1. The number of anilines is 1. The van der Waals surface area contributed by atoms with Crippen LogP contribution in [0.25, 0.3) is 0 Å². The van der Waals surface area contributed by atoms with Gasteiger partial charge in [-0.1, -0.05) is 35.5 Å². The molecule has 0 radical (unpaired) electrons. The van der Waals surface area contributed by atoms with E-state index in [0.717, 1.165) is 23.1 Å². The monoisotopic (exact) mass is 404 g/mol. The molecule has 0 aliphatic rings. The lowest BCUT2D eigenvalue weighted by Crippen LogP contribution is -2.22. The predicted octanol–water partition coefficient (Wildman–Crippen LogP) is 4.12. The molecular formula is C18H17ClN4O3S. The topological polar surface area (TPSA) is 90.1 Å². The molecule has 27 heavy (non-hydrogen) atoms. The van der Waals surface area contributed by atoms with Gasteiger partial charge in [0, 0.05) is 6.20 Å². The van der Waals surface area contributed by atoms with E-state index in [1.54, 1.807) is 25.3 Å². The molecule has 0 fully saturated rings. The first-order valence-corrected chi connectivity index (χ1v) is 9.37. The van der Waals surface area contributed by atoms with Gasteiger partial charge in [-0.15, -0.1) is 10.2 Å². The lowest BCUT2D eigenvalue weighted by atomic mass is 10.2. The van der Waals surface area contributed by atoms with Crippen LogP contribution in [0.15, 0.2) is 52.2 Å². The molecule has 9 heteroatoms. The summed E-state index contributed by atoms with van der Waals surface area (Å²) in [6.45, 7) is 3.87. The summed E-state index contributed by atoms with van der Waals surface area (Å²) < 4.78 is 11.2. The minimum atomic E-state index is -0.465. The van der Waals surface area contributed by atoms with Gasteiger partial charge >= 0.3 is 0 Å². The molecule has 1 aromatic carbocycles. The number of thioether (sulfide) groups is 1. The molecule has 0 bridgehead atoms. The van der Waals surface area contributed by atoms with Crippen molar-refractivity contribution in [1.29, 1.82) is 0 Å². The van der Waals surface area contributed by atoms with Crippen LogP contribution < -0.4 is 10.1 Å². The fraction of sp³-hybridized carbons (Fsp3) is 0.222. The molecule has 1 amide bonds. The van der Waals surface area contributed by atoms with E-state index in [1.807, 2.05) is 31.2 Å². The van der Waals surface area contributed by atoms with Crippen LogP contribution in [0.5, 0.6) is 5.75 Å². The highest BCUT2D eigenvalue weighted by Crippen LogP contribution is 2.25. The van der Waals surface area contributed by atoms with Gasteiger partial charge in [0.05, 0.1) is 10.9 Å². The summed E-state index contributed by atoms with van der Waals surface area (Å²) in [5, 5.41) is 10.7. The highest BCUT2D eigenvalue weighted by molar-refractivity contribution is 8.00. The average Bonchev–Trinajstić information content (AvgIpc) is 3.09. The van der Waals surface area contributed by atoms with Crippen molar-refractivity contribution in [2.45, 2.75) is 30.9 Å². The first-order chi connectivity index (χ1) is 13.0. The molecule has 0 spiro atoms. The van der Waals surface area contributed by atoms with Crippen LogP contribution in [-0.2, 0) is 11.4 Å². The zero-order chi connectivity index (χ0) is 19.2. The maximum absolute atomic E-state index is 12.3. The summed E-state index contributed by atoms with van der Waals surface area (Å²) in [6, 6.07) is 11.0. The second kappa shape index (κ2) is 8.88. The Hall–Kier alpha value is -2.58. The summed E-state index contributed by atoms with van der Waals surface area (Å²) in [4.78, 5) is 16.2. The normalized spacial score (nSPS) is 11.8. The zero-order valence-electron chi connectivity index (χ0n) is 14.7. The van der Waals surface area contributed by atoms with Gasteiger partial charge in [-0.05, 0) is 43.7 Å². The van der Waals surface area contributed by atoms with Crippen molar-refractivity contribution in [2.75, 3.05) is 5.32 Å². The van der Waals surface area contributed by atoms with Crippen molar-refractivity contribution >= 4 is 35.0 Å². The van der Waals surface area contributed by atoms with Gasteiger partial charge < -0.3 is 14.5 Å².